The zero-order valence-electron chi connectivity index (χ0n) is 68.3. The Morgan fingerprint density at radius 2 is 0.991 bits per heavy atom. The fraction of sp³-hybridized carbons (Fsp3) is 0.608. The summed E-state index contributed by atoms with van der Waals surface area (Å²) in [6.07, 6.45) is 6.33. The largest absolute Gasteiger partial charge is 0.417 e. The Kier molecular flexibility index (Phi) is 44.9. The van der Waals surface area contributed by atoms with Crippen molar-refractivity contribution in [1.82, 2.24) is 25.4 Å². The molecule has 606 valence electrons. The van der Waals surface area contributed by atoms with Gasteiger partial charge in [-0.3, -0.25) is 29.2 Å². The fourth-order valence-corrected chi connectivity index (χ4v) is 15.4. The molecule has 9 N–H and O–H groups in total. The standard InChI is InChI=1S/C17H25NO4Si.C14H12BrFN4S.2C9H23NO2Si.C9H22O2Si.C8H5NO3.C4H8O.2C2H4O2.Hg/c1-17(2,3)23(4,5)22-12-8-11-21-18-15(19)13-9-6-7-10-14(13)16(18)20;1-6-12-11(20-14(17)18-6)5-10(19-13(12)21)8-3-2-7(16)4-9(8)15;2*1-9(2,3)13(4,5)12-8-6-7-11-10;1-9(2,3)12(4,5)11-8-6-7-10;10-7-5-3-1-2-4-6(5)8(11)9(7)12;1-2-4-5-3-1;2*1-2(3)4;/h6-7,9-10H,8,11-12H2,1-5H3;2-4,10H,5H2,1H3,(H,19,21)(H2,17,18,20);2*6-8,10H2,1-5H3;10H,6-8H2,1-5H3;1-4,12H;1-4H2;2*1H3,(H,3,4);/q;;;;;;;;;+2/p-2/t;10-;;;;;;;;/m.1......../s1. The monoisotopic (exact) mass is 1860 g/mol. The number of imide groups is 2. The van der Waals surface area contributed by atoms with E-state index in [-0.39, 0.29) is 79.3 Å². The number of nitrogens with two attached hydrogens (primary N) is 3. The molecule has 26 nitrogen and oxygen atoms in total. The van der Waals surface area contributed by atoms with Gasteiger partial charge in [-0.15, -0.1) is 10.1 Å². The fourth-order valence-electron chi connectivity index (χ4n) is 8.45. The summed E-state index contributed by atoms with van der Waals surface area (Å²) in [6, 6.07) is 17.6. The van der Waals surface area contributed by atoms with Crippen molar-refractivity contribution in [1.29, 1.82) is 0 Å². The maximum Gasteiger partial charge on any atom is 0.285 e. The maximum absolute atomic E-state index is 13.2. The Bertz CT molecular complexity index is 3380. The number of hydroxylamine groups is 4. The van der Waals surface area contributed by atoms with Crippen LogP contribution in [0.4, 0.5) is 10.3 Å². The van der Waals surface area contributed by atoms with Crippen LogP contribution >= 0.6 is 28.1 Å². The molecule has 4 aromatic rings. The predicted octanol–water partition coefficient (Wildman–Crippen LogP) is 14.9. The number of aromatic nitrogens is 2. The van der Waals surface area contributed by atoms with Gasteiger partial charge in [0.25, 0.3) is 23.6 Å². The number of anilines is 1. The van der Waals surface area contributed by atoms with Crippen molar-refractivity contribution in [3.8, 4) is 0 Å². The van der Waals surface area contributed by atoms with E-state index in [0.717, 1.165) is 73.3 Å². The van der Waals surface area contributed by atoms with Crippen LogP contribution in [0.25, 0.3) is 0 Å². The summed E-state index contributed by atoms with van der Waals surface area (Å²) in [4.78, 5) is 89.9. The van der Waals surface area contributed by atoms with Gasteiger partial charge in [-0.2, -0.15) is 0 Å². The molecule has 0 unspecified atom stereocenters. The Morgan fingerprint density at radius 3 is 1.32 bits per heavy atom. The molecule has 1 saturated heterocycles. The minimum absolute atomic E-state index is 0.0753. The molecule has 4 amide bonds. The summed E-state index contributed by atoms with van der Waals surface area (Å²) in [5.74, 6) is 6.97. The van der Waals surface area contributed by atoms with Crippen LogP contribution in [-0.4, -0.2) is 170 Å². The third kappa shape index (κ3) is 35.2. The number of hydrogen-bond donors (Lipinski definition) is 6. The van der Waals surface area contributed by atoms with Gasteiger partial charge in [-0.05, 0) is 160 Å². The van der Waals surface area contributed by atoms with Gasteiger partial charge in [0, 0.05) is 57.1 Å². The summed E-state index contributed by atoms with van der Waals surface area (Å²) in [6.45, 7) is 55.4. The van der Waals surface area contributed by atoms with E-state index < -0.39 is 82.4 Å². The summed E-state index contributed by atoms with van der Waals surface area (Å²) < 4.78 is 51.5. The van der Waals surface area contributed by atoms with Crippen molar-refractivity contribution in [2.45, 2.75) is 227 Å². The summed E-state index contributed by atoms with van der Waals surface area (Å²) in [5, 5.41) is 22.8. The van der Waals surface area contributed by atoms with Crippen molar-refractivity contribution >= 4 is 108 Å². The van der Waals surface area contributed by atoms with Crippen LogP contribution in [0, 0.1) is 12.7 Å². The normalized spacial score (nSPS) is 14.8. The SMILES string of the molecule is C1CCOC1.CC(=O)[O][Hg][O]C(C)=O.CC(C)(C)[Si](C)(C)OCCCO.CC(C)(C)[Si](C)(C)OCCCON.CC(C)(C)[Si](C)(C)OCCCON.CC(C)(C)[Si](C)(C)OCCCON1C(=O)c2ccccc2C1=O.Cc1nc(N)nc2c1C(=S)N[C@@H](c1ccc(F)cc1Br)C2.O=C1c2ccccc2C(=O)N1O. The molecule has 3 aromatic carbocycles. The van der Waals surface area contributed by atoms with Crippen LogP contribution in [0.15, 0.2) is 71.2 Å². The van der Waals surface area contributed by atoms with Gasteiger partial charge in [0.2, 0.25) is 5.95 Å². The number of carbonyl (C=O) groups is 6. The molecule has 4 aliphatic heterocycles. The van der Waals surface area contributed by atoms with Gasteiger partial charge in [-0.25, -0.2) is 26.2 Å². The molecule has 1 aromatic heterocycles. The third-order valence-corrected chi connectivity index (χ3v) is 42.3. The van der Waals surface area contributed by atoms with E-state index in [1.807, 2.05) is 6.92 Å². The molecule has 1 atom stereocenters. The molecule has 0 radical (unpaired) electrons. The number of benzene rings is 3. The summed E-state index contributed by atoms with van der Waals surface area (Å²) in [7, 11) is -6.42. The molecule has 0 saturated carbocycles. The van der Waals surface area contributed by atoms with Crippen LogP contribution in [-0.2, 0) is 83.7 Å². The van der Waals surface area contributed by atoms with Crippen molar-refractivity contribution in [3.63, 3.8) is 0 Å². The number of aliphatic hydroxyl groups excluding tert-OH is 1. The van der Waals surface area contributed by atoms with E-state index in [1.54, 1.807) is 42.5 Å². The maximum atomic E-state index is 13.2. The van der Waals surface area contributed by atoms with Crippen molar-refractivity contribution in [2.24, 2.45) is 11.8 Å². The van der Waals surface area contributed by atoms with E-state index in [9.17, 15) is 33.2 Å². The second-order valence-corrected chi connectivity index (χ2v) is 55.3. The van der Waals surface area contributed by atoms with Gasteiger partial charge < -0.3 is 48.3 Å². The predicted molar refractivity (Wildman–Crippen MR) is 430 cm³/mol. The quantitative estimate of drug-likeness (QED) is 0.0100. The van der Waals surface area contributed by atoms with Crippen LogP contribution in [0.2, 0.25) is 72.5 Å². The number of nitrogens with zero attached hydrogens (tertiary/aromatic N) is 4. The Labute approximate surface area is 672 Å². The van der Waals surface area contributed by atoms with E-state index in [4.69, 9.17) is 67.3 Å². The topological polar surface area (TPSA) is 358 Å². The first-order valence-corrected chi connectivity index (χ1v) is 53.5. The zero-order chi connectivity index (χ0) is 82.8. The number of nitrogens with one attached hydrogen (secondary N) is 1. The number of aliphatic hydroxyl groups is 1. The second kappa shape index (κ2) is 47.8. The average molecular weight is 1860 g/mol. The van der Waals surface area contributed by atoms with E-state index in [1.165, 1.54) is 51.0 Å². The first-order chi connectivity index (χ1) is 49.9. The number of amides is 4. The molecular formula is C74H124BrFHgN8O18SSi4. The van der Waals surface area contributed by atoms with Crippen molar-refractivity contribution < 1.29 is 111 Å². The Balaban J connectivity index is 0.000000637. The zero-order valence-corrected chi connectivity index (χ0v) is 80.2. The number of halogens is 2. The smallest absolute Gasteiger partial charge is 0.285 e. The molecule has 34 heteroatoms. The van der Waals surface area contributed by atoms with Crippen LogP contribution in [0.5, 0.6) is 0 Å². The number of thiocarbonyl (C=S) groups is 1. The van der Waals surface area contributed by atoms with Gasteiger partial charge >= 0.3 is 66.2 Å². The number of ether oxygens (including phenoxy) is 1. The molecule has 1 fully saturated rings. The minimum Gasteiger partial charge on any atom is -0.417 e. The van der Waals surface area contributed by atoms with Crippen molar-refractivity contribution in [3.05, 3.63) is 122 Å². The minimum atomic E-state index is -2.04. The number of aryl methyl sites for hydroxylation is 1. The summed E-state index contributed by atoms with van der Waals surface area (Å²) in [5.41, 5.74) is 10.4. The number of rotatable bonds is 23. The van der Waals surface area contributed by atoms with Crippen LogP contribution < -0.4 is 22.8 Å². The van der Waals surface area contributed by atoms with E-state index >= 15 is 0 Å². The number of fused-ring (bicyclic) bond motifs is 3. The first-order valence-electron chi connectivity index (χ1n) is 36.2. The van der Waals surface area contributed by atoms with Gasteiger partial charge in [-0.1, -0.05) is 142 Å². The van der Waals surface area contributed by atoms with E-state index in [0.29, 0.717) is 59.9 Å². The number of hydrogen-bond acceptors (Lipinski definition) is 24. The first kappa shape index (κ1) is 101. The Hall–Kier alpha value is -4.62. The van der Waals surface area contributed by atoms with Crippen molar-refractivity contribution in [2.75, 3.05) is 71.8 Å². The molecule has 4 aliphatic rings. The molecule has 0 bridgehead atoms. The molecular weight excluding hydrogens is 1730 g/mol. The third-order valence-electron chi connectivity index (χ3n) is 19.0. The second-order valence-electron chi connectivity index (χ2n) is 31.7. The number of nitrogen functional groups attached to an aromatic ring is 1. The van der Waals surface area contributed by atoms with Crippen LogP contribution in [0.1, 0.15) is 205 Å². The average Bonchev–Trinajstić information content (AvgIpc) is 1.45. The van der Waals surface area contributed by atoms with Gasteiger partial charge in [0.1, 0.15) is 10.8 Å². The Morgan fingerprint density at radius 1 is 0.620 bits per heavy atom. The molecule has 5 heterocycles. The molecule has 0 spiro atoms. The van der Waals surface area contributed by atoms with Gasteiger partial charge in [0.15, 0.2) is 33.3 Å². The number of carbonyl (C=O) groups excluding carboxylic acids is 6. The van der Waals surface area contributed by atoms with E-state index in [2.05, 4.69) is 182 Å². The van der Waals surface area contributed by atoms with Crippen LogP contribution in [0.3, 0.4) is 0 Å². The molecule has 108 heavy (non-hydrogen) atoms. The summed E-state index contributed by atoms with van der Waals surface area (Å²) >= 11 is 6.77. The molecule has 8 rings (SSSR count). The van der Waals surface area contributed by atoms with Gasteiger partial charge in [0.05, 0.1) is 65.1 Å². The molecule has 0 aliphatic carbocycles.